The minimum atomic E-state index is -1.60. The van der Waals surface area contributed by atoms with Crippen LogP contribution >= 0.6 is 25.8 Å². The van der Waals surface area contributed by atoms with Crippen LogP contribution in [-0.2, 0) is 0 Å². The van der Waals surface area contributed by atoms with E-state index in [-0.39, 0.29) is 0 Å². The summed E-state index contributed by atoms with van der Waals surface area (Å²) in [7, 11) is 14.4. The fraction of sp³-hybridized carbons (Fsp3) is 1.00. The van der Waals surface area contributed by atoms with Gasteiger partial charge in [-0.2, -0.15) is 14.0 Å². The second-order valence-corrected chi connectivity index (χ2v) is 13.3. The highest BCUT2D eigenvalue weighted by Gasteiger charge is 2.57. The van der Waals surface area contributed by atoms with Crippen LogP contribution in [0, 0.1) is 0 Å². The van der Waals surface area contributed by atoms with Gasteiger partial charge >= 0.3 is 0 Å². The van der Waals surface area contributed by atoms with Crippen molar-refractivity contribution < 1.29 is 0 Å². The van der Waals surface area contributed by atoms with Gasteiger partial charge in [-0.15, -0.1) is 0 Å². The first kappa shape index (κ1) is 16.0. The molecule has 0 aliphatic heterocycles. The Hall–Kier alpha value is 0.990. The molecule has 0 amide bonds. The Morgan fingerprint density at radius 1 is 0.733 bits per heavy atom. The number of rotatable bonds is 5. The van der Waals surface area contributed by atoms with E-state index in [1.807, 2.05) is 14.1 Å². The molecule has 0 aliphatic carbocycles. The molecular formula is C8H24ClN4P2+. The van der Waals surface area contributed by atoms with Crippen molar-refractivity contribution in [3.63, 3.8) is 0 Å². The summed E-state index contributed by atoms with van der Waals surface area (Å²) in [6.45, 7) is 0. The van der Waals surface area contributed by atoms with Crippen LogP contribution in [0.15, 0.2) is 0 Å². The molecule has 0 aromatic carbocycles. The normalized spacial score (nSPS) is 15.8. The van der Waals surface area contributed by atoms with Crippen molar-refractivity contribution in [1.82, 2.24) is 18.7 Å². The lowest BCUT2D eigenvalue weighted by molar-refractivity contribution is 0.478. The van der Waals surface area contributed by atoms with Crippen molar-refractivity contribution >= 4 is 25.8 Å². The van der Waals surface area contributed by atoms with E-state index in [1.54, 1.807) is 0 Å². The smallest absolute Gasteiger partial charge is 0.240 e. The van der Waals surface area contributed by atoms with Crippen molar-refractivity contribution in [2.75, 3.05) is 56.4 Å². The van der Waals surface area contributed by atoms with Gasteiger partial charge in [0.15, 0.2) is 0 Å². The molecule has 1 unspecified atom stereocenters. The van der Waals surface area contributed by atoms with Crippen molar-refractivity contribution in [2.24, 2.45) is 0 Å². The van der Waals surface area contributed by atoms with Crippen LogP contribution in [0.4, 0.5) is 0 Å². The van der Waals surface area contributed by atoms with E-state index in [1.165, 1.54) is 0 Å². The standard InChI is InChI=1S/C8H24ClN4P2/c1-10(2)14(9)15(11(3)4,12(5)6)13(7)8/h1-8H3/q+1. The zero-order chi connectivity index (χ0) is 12.4. The van der Waals surface area contributed by atoms with Crippen LogP contribution in [0.5, 0.6) is 0 Å². The zero-order valence-electron chi connectivity index (χ0n) is 11.1. The summed E-state index contributed by atoms with van der Waals surface area (Å²) in [6, 6.07) is 0. The molecule has 0 bridgehead atoms. The predicted molar refractivity (Wildman–Crippen MR) is 74.4 cm³/mol. The quantitative estimate of drug-likeness (QED) is 0.714. The van der Waals surface area contributed by atoms with Crippen LogP contribution in [-0.4, -0.2) is 75.1 Å². The molecule has 0 rings (SSSR count). The molecule has 0 spiro atoms. The number of hydrogen-bond acceptors (Lipinski definition) is 4. The number of hydrogen-bond donors (Lipinski definition) is 0. The summed E-state index contributed by atoms with van der Waals surface area (Å²) >= 11 is 6.64. The minimum absolute atomic E-state index is 0.711. The third kappa shape index (κ3) is 3.01. The van der Waals surface area contributed by atoms with Crippen molar-refractivity contribution in [1.29, 1.82) is 0 Å². The molecule has 0 aromatic heterocycles. The van der Waals surface area contributed by atoms with Gasteiger partial charge in [0, 0.05) is 42.3 Å². The van der Waals surface area contributed by atoms with Crippen LogP contribution in [0.1, 0.15) is 0 Å². The Labute approximate surface area is 101 Å². The number of nitrogens with zero attached hydrogens (tertiary/aromatic N) is 4. The Balaban J connectivity index is 5.32. The van der Waals surface area contributed by atoms with Gasteiger partial charge in [-0.3, -0.25) is 0 Å². The van der Waals surface area contributed by atoms with Crippen molar-refractivity contribution in [3.8, 4) is 0 Å². The van der Waals surface area contributed by atoms with E-state index >= 15 is 0 Å². The fourth-order valence-corrected chi connectivity index (χ4v) is 13.0. The molecule has 15 heavy (non-hydrogen) atoms. The van der Waals surface area contributed by atoms with Crippen LogP contribution < -0.4 is 0 Å². The summed E-state index contributed by atoms with van der Waals surface area (Å²) in [5.74, 6) is 0. The van der Waals surface area contributed by atoms with E-state index < -0.39 is 14.5 Å². The second-order valence-electron chi connectivity index (χ2n) is 4.17. The van der Waals surface area contributed by atoms with Crippen molar-refractivity contribution in [2.45, 2.75) is 0 Å². The average molecular weight is 274 g/mol. The van der Waals surface area contributed by atoms with Crippen molar-refractivity contribution in [3.05, 3.63) is 0 Å². The van der Waals surface area contributed by atoms with Gasteiger partial charge in [0.05, 0.1) is 0 Å². The number of halogens is 1. The van der Waals surface area contributed by atoms with E-state index in [2.05, 4.69) is 61.0 Å². The zero-order valence-corrected chi connectivity index (χ0v) is 13.6. The molecule has 0 saturated heterocycles. The first-order valence-corrected chi connectivity index (χ1v) is 9.30. The summed E-state index contributed by atoms with van der Waals surface area (Å²) < 4.78 is 8.94. The third-order valence-corrected chi connectivity index (χ3v) is 14.8. The predicted octanol–water partition coefficient (Wildman–Crippen LogP) is 2.46. The van der Waals surface area contributed by atoms with Gasteiger partial charge in [0.1, 0.15) is 0 Å². The summed E-state index contributed by atoms with van der Waals surface area (Å²) in [5.41, 5.74) is 0. The maximum Gasteiger partial charge on any atom is 0.285 e. The van der Waals surface area contributed by atoms with E-state index in [4.69, 9.17) is 11.2 Å². The Bertz CT molecular complexity index is 177. The molecule has 7 heteroatoms. The van der Waals surface area contributed by atoms with E-state index in [0.717, 1.165) is 0 Å². The molecule has 0 N–H and O–H groups in total. The Morgan fingerprint density at radius 2 is 1.00 bits per heavy atom. The molecular weight excluding hydrogens is 250 g/mol. The molecule has 0 aliphatic rings. The lowest BCUT2D eigenvalue weighted by atomic mass is 11.2. The van der Waals surface area contributed by atoms with Gasteiger partial charge in [-0.1, -0.05) is 0 Å². The molecule has 1 atom stereocenters. The van der Waals surface area contributed by atoms with Crippen LogP contribution in [0.25, 0.3) is 0 Å². The molecule has 0 radical (unpaired) electrons. The Kier molecular flexibility index (Phi) is 6.47. The molecule has 0 heterocycles. The summed E-state index contributed by atoms with van der Waals surface area (Å²) in [4.78, 5) is 0. The topological polar surface area (TPSA) is 13.0 Å². The highest BCUT2D eigenvalue weighted by Crippen LogP contribution is 2.89. The maximum atomic E-state index is 6.64. The van der Waals surface area contributed by atoms with Gasteiger partial charge < -0.3 is 0 Å². The molecule has 0 aromatic rings. The van der Waals surface area contributed by atoms with Gasteiger partial charge in [-0.25, -0.2) is 4.67 Å². The largest absolute Gasteiger partial charge is 0.285 e. The van der Waals surface area contributed by atoms with Gasteiger partial charge in [-0.05, 0) is 25.3 Å². The first-order chi connectivity index (χ1) is 6.68. The molecule has 0 fully saturated rings. The lowest BCUT2D eigenvalue weighted by Crippen LogP contribution is -2.35. The maximum absolute atomic E-state index is 6.64. The molecule has 0 saturated carbocycles. The summed E-state index contributed by atoms with van der Waals surface area (Å²) in [6.07, 6.45) is 0. The highest BCUT2D eigenvalue weighted by atomic mass is 35.7. The lowest BCUT2D eigenvalue weighted by Gasteiger charge is -2.42. The van der Waals surface area contributed by atoms with Crippen LogP contribution in [0.3, 0.4) is 0 Å². The minimum Gasteiger partial charge on any atom is -0.240 e. The van der Waals surface area contributed by atoms with Gasteiger partial charge in [0.25, 0.3) is 14.5 Å². The monoisotopic (exact) mass is 273 g/mol. The summed E-state index contributed by atoms with van der Waals surface area (Å²) in [5, 5.41) is 0. The van der Waals surface area contributed by atoms with Crippen LogP contribution in [0.2, 0.25) is 0 Å². The first-order valence-electron chi connectivity index (χ1n) is 4.75. The average Bonchev–Trinajstić information content (AvgIpc) is 2.02. The van der Waals surface area contributed by atoms with Gasteiger partial charge in [0.2, 0.25) is 0 Å². The fourth-order valence-electron chi connectivity index (χ4n) is 1.76. The second kappa shape index (κ2) is 6.07. The Morgan fingerprint density at radius 3 is 1.07 bits per heavy atom. The molecule has 4 nitrogen and oxygen atoms in total. The SMILES string of the molecule is CN(C)P(Cl)[P+](N(C)C)(N(C)C)N(C)C. The van der Waals surface area contributed by atoms with E-state index in [0.29, 0.717) is 0 Å². The third-order valence-electron chi connectivity index (χ3n) is 2.16. The highest BCUT2D eigenvalue weighted by molar-refractivity contribution is 8.44. The molecule has 92 valence electrons. The van der Waals surface area contributed by atoms with E-state index in [9.17, 15) is 0 Å².